The van der Waals surface area contributed by atoms with Crippen LogP contribution in [0.5, 0.6) is 0 Å². The third-order valence-corrected chi connectivity index (χ3v) is 1.65. The summed E-state index contributed by atoms with van der Waals surface area (Å²) < 4.78 is 1.58. The molecule has 0 atom stereocenters. The molecule has 0 aliphatic rings. The van der Waals surface area contributed by atoms with E-state index in [0.717, 1.165) is 5.69 Å². The number of aromatic nitrogens is 2. The molecule has 1 aromatic heterocycles. The number of aryl methyl sites for hydroxylation is 1. The maximum Gasteiger partial charge on any atom is 0.163 e. The highest BCUT2D eigenvalue weighted by atomic mass is 16.3. The lowest BCUT2D eigenvalue weighted by molar-refractivity contribution is 0.101. The van der Waals surface area contributed by atoms with Crippen LogP contribution in [0.2, 0.25) is 0 Å². The van der Waals surface area contributed by atoms with E-state index in [1.54, 1.807) is 17.8 Å². The van der Waals surface area contributed by atoms with Crippen molar-refractivity contribution >= 4 is 5.78 Å². The summed E-state index contributed by atoms with van der Waals surface area (Å²) in [6.45, 7) is 3.77. The molecule has 0 spiro atoms. The molecule has 0 radical (unpaired) electrons. The third-order valence-electron chi connectivity index (χ3n) is 1.65. The molecule has 0 amide bonds. The molecule has 4 heteroatoms. The van der Waals surface area contributed by atoms with E-state index in [4.69, 9.17) is 5.11 Å². The zero-order valence-electron chi connectivity index (χ0n) is 7.24. The van der Waals surface area contributed by atoms with Gasteiger partial charge in [-0.1, -0.05) is 0 Å². The Balaban J connectivity index is 2.92. The van der Waals surface area contributed by atoms with Crippen LogP contribution in [0.1, 0.15) is 23.0 Å². The summed E-state index contributed by atoms with van der Waals surface area (Å²) in [6.07, 6.45) is 1.66. The summed E-state index contributed by atoms with van der Waals surface area (Å²) in [4.78, 5) is 11.0. The van der Waals surface area contributed by atoms with Gasteiger partial charge < -0.3 is 5.11 Å². The minimum Gasteiger partial charge on any atom is -0.394 e. The molecule has 1 N–H and O–H groups in total. The lowest BCUT2D eigenvalue weighted by atomic mass is 10.2. The molecule has 0 fully saturated rings. The average molecular weight is 168 g/mol. The van der Waals surface area contributed by atoms with E-state index in [1.165, 1.54) is 6.92 Å². The maximum atomic E-state index is 11.0. The van der Waals surface area contributed by atoms with Crippen LogP contribution in [0, 0.1) is 6.92 Å². The number of Topliss-reactive ketones (excluding diaryl/α,β-unsaturated/α-hetero) is 1. The van der Waals surface area contributed by atoms with Crippen molar-refractivity contribution in [3.8, 4) is 0 Å². The molecule has 0 aliphatic heterocycles. The highest BCUT2D eigenvalue weighted by molar-refractivity contribution is 5.94. The van der Waals surface area contributed by atoms with Crippen molar-refractivity contribution in [2.24, 2.45) is 0 Å². The smallest absolute Gasteiger partial charge is 0.163 e. The first kappa shape index (κ1) is 8.93. The zero-order valence-corrected chi connectivity index (χ0v) is 7.24. The van der Waals surface area contributed by atoms with E-state index in [9.17, 15) is 4.79 Å². The van der Waals surface area contributed by atoms with E-state index in [-0.39, 0.29) is 12.4 Å². The summed E-state index contributed by atoms with van der Waals surface area (Å²) >= 11 is 0. The Morgan fingerprint density at radius 3 is 2.83 bits per heavy atom. The largest absolute Gasteiger partial charge is 0.394 e. The molecule has 0 aromatic carbocycles. The molecule has 0 aliphatic carbocycles. The number of hydrogen-bond donors (Lipinski definition) is 1. The lowest BCUT2D eigenvalue weighted by Crippen LogP contribution is -2.02. The summed E-state index contributed by atoms with van der Waals surface area (Å²) in [7, 11) is 0. The number of carbonyl (C=O) groups excluding carboxylic acids is 1. The van der Waals surface area contributed by atoms with Gasteiger partial charge in [-0.15, -0.1) is 0 Å². The molecule has 0 saturated carbocycles. The standard InChI is InChI=1S/C8H12N2O2/c1-6-8(7(2)12)5-10(9-6)3-4-11/h5,11H,3-4H2,1-2H3. The van der Waals surface area contributed by atoms with Crippen molar-refractivity contribution in [2.75, 3.05) is 6.61 Å². The number of carbonyl (C=O) groups is 1. The Morgan fingerprint density at radius 2 is 2.42 bits per heavy atom. The highest BCUT2D eigenvalue weighted by Gasteiger charge is 2.07. The van der Waals surface area contributed by atoms with Crippen LogP contribution in [0.15, 0.2) is 6.20 Å². The van der Waals surface area contributed by atoms with Crippen LogP contribution < -0.4 is 0 Å². The second-order valence-corrected chi connectivity index (χ2v) is 2.67. The predicted octanol–water partition coefficient (Wildman–Crippen LogP) is 0.386. The zero-order chi connectivity index (χ0) is 9.14. The number of nitrogens with zero attached hydrogens (tertiary/aromatic N) is 2. The van der Waals surface area contributed by atoms with E-state index < -0.39 is 0 Å². The molecule has 1 heterocycles. The van der Waals surface area contributed by atoms with Crippen LogP contribution >= 0.6 is 0 Å². The maximum absolute atomic E-state index is 11.0. The predicted molar refractivity (Wildman–Crippen MR) is 44.1 cm³/mol. The summed E-state index contributed by atoms with van der Waals surface area (Å²) in [5, 5.41) is 12.7. The first-order valence-corrected chi connectivity index (χ1v) is 3.81. The van der Waals surface area contributed by atoms with Crippen LogP contribution in [0.4, 0.5) is 0 Å². The fourth-order valence-electron chi connectivity index (χ4n) is 1.08. The third kappa shape index (κ3) is 1.71. The van der Waals surface area contributed by atoms with Gasteiger partial charge >= 0.3 is 0 Å². The van der Waals surface area contributed by atoms with Crippen LogP contribution in [0.25, 0.3) is 0 Å². The van der Waals surface area contributed by atoms with Crippen LogP contribution in [-0.2, 0) is 6.54 Å². The Kier molecular flexibility index (Phi) is 2.60. The Labute approximate surface area is 70.8 Å². The van der Waals surface area contributed by atoms with Gasteiger partial charge in [-0.2, -0.15) is 5.10 Å². The van der Waals surface area contributed by atoms with Gasteiger partial charge in [0.2, 0.25) is 0 Å². The van der Waals surface area contributed by atoms with Crippen molar-refractivity contribution < 1.29 is 9.90 Å². The number of ketones is 1. The van der Waals surface area contributed by atoms with Crippen molar-refractivity contribution in [1.29, 1.82) is 0 Å². The van der Waals surface area contributed by atoms with Gasteiger partial charge in [0.25, 0.3) is 0 Å². The van der Waals surface area contributed by atoms with Gasteiger partial charge in [-0.05, 0) is 13.8 Å². The van der Waals surface area contributed by atoms with Crippen molar-refractivity contribution in [3.63, 3.8) is 0 Å². The molecule has 66 valence electrons. The van der Waals surface area contributed by atoms with Gasteiger partial charge in [0.15, 0.2) is 5.78 Å². The average Bonchev–Trinajstić information content (AvgIpc) is 2.32. The monoisotopic (exact) mass is 168 g/mol. The molecule has 4 nitrogen and oxygen atoms in total. The second-order valence-electron chi connectivity index (χ2n) is 2.67. The second kappa shape index (κ2) is 3.49. The van der Waals surface area contributed by atoms with Gasteiger partial charge in [0.05, 0.1) is 24.4 Å². The van der Waals surface area contributed by atoms with Gasteiger partial charge in [0.1, 0.15) is 0 Å². The fourth-order valence-corrected chi connectivity index (χ4v) is 1.08. The molecular formula is C8H12N2O2. The molecular weight excluding hydrogens is 156 g/mol. The number of hydrogen-bond acceptors (Lipinski definition) is 3. The van der Waals surface area contributed by atoms with Gasteiger partial charge in [-0.25, -0.2) is 0 Å². The quantitative estimate of drug-likeness (QED) is 0.664. The fraction of sp³-hybridized carbons (Fsp3) is 0.500. The molecule has 0 saturated heterocycles. The van der Waals surface area contributed by atoms with E-state index in [2.05, 4.69) is 5.10 Å². The number of aliphatic hydroxyl groups excluding tert-OH is 1. The first-order chi connectivity index (χ1) is 5.65. The molecule has 0 bridgehead atoms. The van der Waals surface area contributed by atoms with Gasteiger partial charge in [-0.3, -0.25) is 9.48 Å². The Hall–Kier alpha value is -1.16. The Morgan fingerprint density at radius 1 is 1.75 bits per heavy atom. The van der Waals surface area contributed by atoms with E-state index >= 15 is 0 Å². The van der Waals surface area contributed by atoms with Crippen LogP contribution in [0.3, 0.4) is 0 Å². The molecule has 1 aromatic rings. The minimum atomic E-state index is 0.0108. The molecule has 12 heavy (non-hydrogen) atoms. The van der Waals surface area contributed by atoms with Gasteiger partial charge in [0, 0.05) is 6.20 Å². The summed E-state index contributed by atoms with van der Waals surface area (Å²) in [5.74, 6) is 0.0108. The number of aliphatic hydroxyl groups is 1. The normalized spacial score (nSPS) is 10.2. The summed E-state index contributed by atoms with van der Waals surface area (Å²) in [5.41, 5.74) is 1.35. The lowest BCUT2D eigenvalue weighted by Gasteiger charge is -1.93. The number of rotatable bonds is 3. The highest BCUT2D eigenvalue weighted by Crippen LogP contribution is 2.05. The topological polar surface area (TPSA) is 55.1 Å². The van der Waals surface area contributed by atoms with Crippen LogP contribution in [-0.4, -0.2) is 27.3 Å². The van der Waals surface area contributed by atoms with Crippen molar-refractivity contribution in [2.45, 2.75) is 20.4 Å². The first-order valence-electron chi connectivity index (χ1n) is 3.81. The van der Waals surface area contributed by atoms with E-state index in [0.29, 0.717) is 12.1 Å². The van der Waals surface area contributed by atoms with Crippen molar-refractivity contribution in [1.82, 2.24) is 9.78 Å². The molecule has 0 unspecified atom stereocenters. The summed E-state index contributed by atoms with van der Waals surface area (Å²) in [6, 6.07) is 0. The minimum absolute atomic E-state index is 0.0108. The van der Waals surface area contributed by atoms with Crippen molar-refractivity contribution in [3.05, 3.63) is 17.5 Å². The SMILES string of the molecule is CC(=O)c1cn(CCO)nc1C. The molecule has 1 rings (SSSR count). The van der Waals surface area contributed by atoms with E-state index in [1.807, 2.05) is 0 Å². The Bertz CT molecular complexity index is 291.